The number of nitrogens with zero attached hydrogens (tertiary/aromatic N) is 3. The zero-order valence-electron chi connectivity index (χ0n) is 15.4. The largest absolute Gasteiger partial charge is 0.339 e. The average Bonchev–Trinajstić information content (AvgIpc) is 3.41. The van der Waals surface area contributed by atoms with Crippen LogP contribution in [0.2, 0.25) is 0 Å². The van der Waals surface area contributed by atoms with E-state index >= 15 is 0 Å². The first-order valence-electron chi connectivity index (χ1n) is 9.67. The number of hydrogen-bond acceptors (Lipinski definition) is 4. The van der Waals surface area contributed by atoms with Crippen molar-refractivity contribution in [1.29, 1.82) is 0 Å². The number of amides is 2. The van der Waals surface area contributed by atoms with E-state index in [-0.39, 0.29) is 11.8 Å². The highest BCUT2D eigenvalue weighted by Crippen LogP contribution is 2.18. The fraction of sp³-hybridized carbons (Fsp3) is 0.450. The third-order valence-electron chi connectivity index (χ3n) is 5.27. The molecule has 2 amide bonds. The Morgan fingerprint density at radius 3 is 2.56 bits per heavy atom. The third-order valence-corrected chi connectivity index (χ3v) is 5.27. The highest BCUT2D eigenvalue weighted by molar-refractivity contribution is 6.03. The van der Waals surface area contributed by atoms with E-state index in [0.29, 0.717) is 23.0 Å². The van der Waals surface area contributed by atoms with Gasteiger partial charge in [0.15, 0.2) is 5.69 Å². The SMILES string of the molecule is O=C(Nc1ccc(C(=O)N2CCCC2)cc1)c1ccn(C2CCCNC2)n1. The second kappa shape index (κ2) is 7.92. The van der Waals surface area contributed by atoms with Crippen LogP contribution >= 0.6 is 0 Å². The molecule has 7 nitrogen and oxygen atoms in total. The monoisotopic (exact) mass is 367 g/mol. The summed E-state index contributed by atoms with van der Waals surface area (Å²) in [7, 11) is 0. The molecule has 2 aliphatic rings. The molecule has 0 radical (unpaired) electrons. The molecule has 1 unspecified atom stereocenters. The summed E-state index contributed by atoms with van der Waals surface area (Å²) in [5.74, 6) is -0.179. The molecule has 2 saturated heterocycles. The average molecular weight is 367 g/mol. The smallest absolute Gasteiger partial charge is 0.276 e. The number of piperidine rings is 1. The summed E-state index contributed by atoms with van der Waals surface area (Å²) in [6.07, 6.45) is 6.20. The lowest BCUT2D eigenvalue weighted by Crippen LogP contribution is -2.32. The molecular weight excluding hydrogens is 342 g/mol. The molecule has 1 atom stereocenters. The molecule has 142 valence electrons. The summed E-state index contributed by atoms with van der Waals surface area (Å²) in [5.41, 5.74) is 1.72. The van der Waals surface area contributed by atoms with Crippen molar-refractivity contribution >= 4 is 17.5 Å². The van der Waals surface area contributed by atoms with Crippen molar-refractivity contribution < 1.29 is 9.59 Å². The maximum absolute atomic E-state index is 12.5. The van der Waals surface area contributed by atoms with Crippen molar-refractivity contribution in [3.63, 3.8) is 0 Å². The minimum Gasteiger partial charge on any atom is -0.339 e. The van der Waals surface area contributed by atoms with Crippen molar-refractivity contribution in [3.8, 4) is 0 Å². The van der Waals surface area contributed by atoms with Gasteiger partial charge in [-0.15, -0.1) is 0 Å². The van der Waals surface area contributed by atoms with Crippen molar-refractivity contribution in [1.82, 2.24) is 20.0 Å². The van der Waals surface area contributed by atoms with E-state index < -0.39 is 0 Å². The Kier molecular flexibility index (Phi) is 5.20. The standard InChI is InChI=1S/C20H25N5O2/c26-19(18-9-13-25(23-18)17-4-3-10-21-14-17)22-16-7-5-15(6-8-16)20(27)24-11-1-2-12-24/h5-9,13,17,21H,1-4,10-12,14H2,(H,22,26). The van der Waals surface area contributed by atoms with Crippen LogP contribution in [0, 0.1) is 0 Å². The number of carbonyl (C=O) groups is 2. The lowest BCUT2D eigenvalue weighted by atomic mass is 10.1. The van der Waals surface area contributed by atoms with Gasteiger partial charge in [-0.1, -0.05) is 0 Å². The molecule has 2 fully saturated rings. The van der Waals surface area contributed by atoms with Crippen molar-refractivity contribution in [2.75, 3.05) is 31.5 Å². The molecule has 1 aromatic carbocycles. The van der Waals surface area contributed by atoms with Gasteiger partial charge >= 0.3 is 0 Å². The Labute approximate surface area is 158 Å². The minimum atomic E-state index is -0.240. The topological polar surface area (TPSA) is 79.3 Å². The Bertz CT molecular complexity index is 802. The van der Waals surface area contributed by atoms with E-state index in [0.717, 1.165) is 51.9 Å². The second-order valence-electron chi connectivity index (χ2n) is 7.21. The molecule has 0 aliphatic carbocycles. The maximum Gasteiger partial charge on any atom is 0.276 e. The molecule has 3 heterocycles. The van der Waals surface area contributed by atoms with E-state index in [1.807, 2.05) is 15.8 Å². The fourth-order valence-electron chi connectivity index (χ4n) is 3.72. The van der Waals surface area contributed by atoms with E-state index in [1.54, 1.807) is 30.3 Å². The van der Waals surface area contributed by atoms with Gasteiger partial charge < -0.3 is 15.5 Å². The van der Waals surface area contributed by atoms with Crippen LogP contribution < -0.4 is 10.6 Å². The molecular formula is C20H25N5O2. The highest BCUT2D eigenvalue weighted by atomic mass is 16.2. The summed E-state index contributed by atoms with van der Waals surface area (Å²) in [4.78, 5) is 26.7. The van der Waals surface area contributed by atoms with Gasteiger partial charge in [-0.05, 0) is 62.6 Å². The first-order chi connectivity index (χ1) is 13.2. The molecule has 7 heteroatoms. The molecule has 1 aromatic heterocycles. The van der Waals surface area contributed by atoms with Crippen LogP contribution in [-0.2, 0) is 0 Å². The predicted octanol–water partition coefficient (Wildman–Crippen LogP) is 2.30. The highest BCUT2D eigenvalue weighted by Gasteiger charge is 2.20. The van der Waals surface area contributed by atoms with Gasteiger partial charge in [0.1, 0.15) is 0 Å². The Hall–Kier alpha value is -2.67. The number of anilines is 1. The predicted molar refractivity (Wildman–Crippen MR) is 103 cm³/mol. The molecule has 27 heavy (non-hydrogen) atoms. The molecule has 4 rings (SSSR count). The van der Waals surface area contributed by atoms with Crippen LogP contribution in [0.3, 0.4) is 0 Å². The first-order valence-corrected chi connectivity index (χ1v) is 9.67. The van der Waals surface area contributed by atoms with E-state index in [9.17, 15) is 9.59 Å². The number of aromatic nitrogens is 2. The minimum absolute atomic E-state index is 0.0604. The summed E-state index contributed by atoms with van der Waals surface area (Å²) in [6.45, 7) is 3.59. The Balaban J connectivity index is 1.38. The fourth-order valence-corrected chi connectivity index (χ4v) is 3.72. The van der Waals surface area contributed by atoms with E-state index in [1.165, 1.54) is 0 Å². The molecule has 2 aliphatic heterocycles. The van der Waals surface area contributed by atoms with Gasteiger partial charge in [0.25, 0.3) is 11.8 Å². The van der Waals surface area contributed by atoms with Gasteiger partial charge in [0.05, 0.1) is 6.04 Å². The summed E-state index contributed by atoms with van der Waals surface area (Å²) in [6, 6.07) is 9.11. The summed E-state index contributed by atoms with van der Waals surface area (Å²) in [5, 5.41) is 10.6. The molecule has 0 spiro atoms. The van der Waals surface area contributed by atoms with Crippen LogP contribution in [0.25, 0.3) is 0 Å². The quantitative estimate of drug-likeness (QED) is 0.869. The van der Waals surface area contributed by atoms with Crippen molar-refractivity contribution in [2.24, 2.45) is 0 Å². The van der Waals surface area contributed by atoms with Gasteiger partial charge in [-0.25, -0.2) is 0 Å². The summed E-state index contributed by atoms with van der Waals surface area (Å²) < 4.78 is 1.87. The number of likely N-dealkylation sites (tertiary alicyclic amines) is 1. The van der Waals surface area contributed by atoms with Crippen LogP contribution in [-0.4, -0.2) is 52.7 Å². The van der Waals surface area contributed by atoms with Crippen LogP contribution in [0.1, 0.15) is 52.6 Å². The number of hydrogen-bond donors (Lipinski definition) is 2. The van der Waals surface area contributed by atoms with Gasteiger partial charge in [0.2, 0.25) is 0 Å². The van der Waals surface area contributed by atoms with Gasteiger partial charge in [0, 0.05) is 37.1 Å². The third kappa shape index (κ3) is 4.03. The normalized spacial score (nSPS) is 19.9. The van der Waals surface area contributed by atoms with Gasteiger partial charge in [-0.3, -0.25) is 14.3 Å². The lowest BCUT2D eigenvalue weighted by molar-refractivity contribution is 0.0792. The van der Waals surface area contributed by atoms with Crippen molar-refractivity contribution in [3.05, 3.63) is 47.8 Å². The zero-order valence-corrected chi connectivity index (χ0v) is 15.4. The maximum atomic E-state index is 12.5. The number of nitrogens with one attached hydrogen (secondary N) is 2. The zero-order chi connectivity index (χ0) is 18.6. The molecule has 0 saturated carbocycles. The summed E-state index contributed by atoms with van der Waals surface area (Å²) >= 11 is 0. The Morgan fingerprint density at radius 1 is 1.07 bits per heavy atom. The number of carbonyl (C=O) groups excluding carboxylic acids is 2. The Morgan fingerprint density at radius 2 is 1.85 bits per heavy atom. The number of benzene rings is 1. The van der Waals surface area contributed by atoms with E-state index in [4.69, 9.17) is 0 Å². The lowest BCUT2D eigenvalue weighted by Gasteiger charge is -2.22. The number of rotatable bonds is 4. The first kappa shape index (κ1) is 17.7. The van der Waals surface area contributed by atoms with Crippen LogP contribution in [0.4, 0.5) is 5.69 Å². The van der Waals surface area contributed by atoms with Crippen molar-refractivity contribution in [2.45, 2.75) is 31.7 Å². The van der Waals surface area contributed by atoms with Gasteiger partial charge in [-0.2, -0.15) is 5.10 Å². The molecule has 2 aromatic rings. The van der Waals surface area contributed by atoms with E-state index in [2.05, 4.69) is 15.7 Å². The second-order valence-corrected chi connectivity index (χ2v) is 7.21. The molecule has 0 bridgehead atoms. The van der Waals surface area contributed by atoms with Crippen LogP contribution in [0.5, 0.6) is 0 Å². The molecule has 2 N–H and O–H groups in total. The van der Waals surface area contributed by atoms with Crippen LogP contribution in [0.15, 0.2) is 36.5 Å².